The van der Waals surface area contributed by atoms with Crippen molar-refractivity contribution in [3.8, 4) is 28.2 Å². The van der Waals surface area contributed by atoms with E-state index in [4.69, 9.17) is 15.0 Å². The summed E-state index contributed by atoms with van der Waals surface area (Å²) >= 11 is 0. The van der Waals surface area contributed by atoms with Gasteiger partial charge in [0.25, 0.3) is 0 Å². The summed E-state index contributed by atoms with van der Waals surface area (Å²) < 4.78 is 10.8. The molecular formula is C16H15N3O2. The number of benzene rings is 1. The van der Waals surface area contributed by atoms with Crippen LogP contribution < -0.4 is 10.5 Å². The molecule has 0 bridgehead atoms. The molecule has 0 fully saturated rings. The molecule has 2 heterocycles. The summed E-state index contributed by atoms with van der Waals surface area (Å²) in [5, 5.41) is 3.89. The van der Waals surface area contributed by atoms with E-state index in [2.05, 4.69) is 10.1 Å². The zero-order valence-electron chi connectivity index (χ0n) is 11.8. The van der Waals surface area contributed by atoms with E-state index < -0.39 is 0 Å². The Hall–Kier alpha value is -2.82. The summed E-state index contributed by atoms with van der Waals surface area (Å²) in [4.78, 5) is 4.04. The van der Waals surface area contributed by atoms with Crippen molar-refractivity contribution in [2.45, 2.75) is 6.92 Å². The number of anilines is 1. The van der Waals surface area contributed by atoms with Gasteiger partial charge in [-0.25, -0.2) is 0 Å². The molecule has 0 aliphatic rings. The van der Waals surface area contributed by atoms with Crippen LogP contribution in [-0.2, 0) is 0 Å². The van der Waals surface area contributed by atoms with Crippen molar-refractivity contribution < 1.29 is 9.26 Å². The number of hydrogen-bond donors (Lipinski definition) is 1. The van der Waals surface area contributed by atoms with Crippen LogP contribution in [0.5, 0.6) is 5.75 Å². The van der Waals surface area contributed by atoms with Gasteiger partial charge in [-0.1, -0.05) is 35.0 Å². The molecule has 0 amide bonds. The molecule has 0 unspecified atom stereocenters. The van der Waals surface area contributed by atoms with Crippen molar-refractivity contribution in [2.75, 3.05) is 12.8 Å². The first-order valence-electron chi connectivity index (χ1n) is 6.51. The lowest BCUT2D eigenvalue weighted by molar-refractivity contribution is 0.405. The summed E-state index contributed by atoms with van der Waals surface area (Å²) in [5.74, 6) is 1.55. The largest absolute Gasteiger partial charge is 0.494 e. The fraction of sp³-hybridized carbons (Fsp3) is 0.125. The number of nitrogens with zero attached hydrogens (tertiary/aromatic N) is 2. The fourth-order valence-electron chi connectivity index (χ4n) is 2.22. The minimum Gasteiger partial charge on any atom is -0.494 e. The van der Waals surface area contributed by atoms with Gasteiger partial charge in [-0.05, 0) is 18.6 Å². The number of nitrogen functional groups attached to an aromatic ring is 1. The van der Waals surface area contributed by atoms with Gasteiger partial charge < -0.3 is 15.0 Å². The number of rotatable bonds is 3. The average molecular weight is 281 g/mol. The monoisotopic (exact) mass is 281 g/mol. The molecule has 0 radical (unpaired) electrons. The highest BCUT2D eigenvalue weighted by molar-refractivity contribution is 5.88. The molecule has 0 spiro atoms. The Morgan fingerprint density at radius 1 is 1.14 bits per heavy atom. The van der Waals surface area contributed by atoms with Gasteiger partial charge in [0.1, 0.15) is 5.75 Å². The smallest absolute Gasteiger partial charge is 0.180 e. The third-order valence-electron chi connectivity index (χ3n) is 3.31. The number of ether oxygens (including phenoxy) is 1. The van der Waals surface area contributed by atoms with Crippen molar-refractivity contribution in [1.29, 1.82) is 0 Å². The van der Waals surface area contributed by atoms with Gasteiger partial charge in [0.2, 0.25) is 0 Å². The maximum absolute atomic E-state index is 5.98. The normalized spacial score (nSPS) is 10.6. The Bertz CT molecular complexity index is 763. The van der Waals surface area contributed by atoms with Crippen LogP contribution in [0, 0.1) is 6.92 Å². The Morgan fingerprint density at radius 2 is 1.90 bits per heavy atom. The zero-order chi connectivity index (χ0) is 14.8. The summed E-state index contributed by atoms with van der Waals surface area (Å²) in [6, 6.07) is 9.85. The molecule has 5 nitrogen and oxygen atoms in total. The number of pyridine rings is 1. The standard InChI is InChI=1S/C16H15N3O2/c1-10-3-5-11(6-4-10)14-15(21-19-16(14)17)12-7-8-18-9-13(12)20-2/h3-9H,1-2H3,(H2,17,19). The van der Waals surface area contributed by atoms with E-state index in [-0.39, 0.29) is 0 Å². The molecule has 1 aromatic carbocycles. The average Bonchev–Trinajstić information content (AvgIpc) is 2.90. The number of hydrogen-bond acceptors (Lipinski definition) is 5. The topological polar surface area (TPSA) is 74.2 Å². The Kier molecular flexibility index (Phi) is 3.31. The first-order valence-corrected chi connectivity index (χ1v) is 6.51. The van der Waals surface area contributed by atoms with Crippen LogP contribution in [0.4, 0.5) is 5.82 Å². The van der Waals surface area contributed by atoms with E-state index in [1.165, 1.54) is 5.56 Å². The molecule has 2 aromatic heterocycles. The first-order chi connectivity index (χ1) is 10.2. The molecule has 0 saturated heterocycles. The van der Waals surface area contributed by atoms with Gasteiger partial charge in [0.05, 0.1) is 24.4 Å². The highest BCUT2D eigenvalue weighted by atomic mass is 16.5. The molecule has 3 aromatic rings. The van der Waals surface area contributed by atoms with Crippen LogP contribution in [0.1, 0.15) is 5.56 Å². The number of aromatic nitrogens is 2. The van der Waals surface area contributed by atoms with Crippen LogP contribution in [0.3, 0.4) is 0 Å². The predicted octanol–water partition coefficient (Wildman–Crippen LogP) is 3.30. The number of aryl methyl sites for hydroxylation is 1. The lowest BCUT2D eigenvalue weighted by atomic mass is 10.0. The highest BCUT2D eigenvalue weighted by Gasteiger charge is 2.20. The van der Waals surface area contributed by atoms with Crippen molar-refractivity contribution in [2.24, 2.45) is 0 Å². The second-order valence-corrected chi connectivity index (χ2v) is 4.71. The van der Waals surface area contributed by atoms with Crippen LogP contribution in [0.25, 0.3) is 22.5 Å². The molecule has 106 valence electrons. The second kappa shape index (κ2) is 5.28. The van der Waals surface area contributed by atoms with Crippen LogP contribution in [-0.4, -0.2) is 17.3 Å². The lowest BCUT2D eigenvalue weighted by Crippen LogP contribution is -1.91. The van der Waals surface area contributed by atoms with Crippen LogP contribution in [0.2, 0.25) is 0 Å². The van der Waals surface area contributed by atoms with Crippen molar-refractivity contribution in [3.63, 3.8) is 0 Å². The highest BCUT2D eigenvalue weighted by Crippen LogP contribution is 2.39. The number of methoxy groups -OCH3 is 1. The molecule has 0 aliphatic heterocycles. The zero-order valence-corrected chi connectivity index (χ0v) is 11.8. The Morgan fingerprint density at radius 3 is 2.62 bits per heavy atom. The van der Waals surface area contributed by atoms with E-state index in [1.807, 2.05) is 37.3 Å². The van der Waals surface area contributed by atoms with Crippen LogP contribution >= 0.6 is 0 Å². The molecule has 2 N–H and O–H groups in total. The molecular weight excluding hydrogens is 266 g/mol. The van der Waals surface area contributed by atoms with Crippen molar-refractivity contribution in [1.82, 2.24) is 10.1 Å². The SMILES string of the molecule is COc1cnccc1-c1onc(N)c1-c1ccc(C)cc1. The summed E-state index contributed by atoms with van der Waals surface area (Å²) in [5.41, 5.74) is 9.64. The van der Waals surface area contributed by atoms with E-state index in [0.29, 0.717) is 17.3 Å². The third-order valence-corrected chi connectivity index (χ3v) is 3.31. The maximum atomic E-state index is 5.98. The second-order valence-electron chi connectivity index (χ2n) is 4.71. The van der Waals surface area contributed by atoms with Gasteiger partial charge in [-0.2, -0.15) is 0 Å². The number of nitrogens with two attached hydrogens (primary N) is 1. The molecule has 0 aliphatic carbocycles. The first kappa shape index (κ1) is 13.2. The predicted molar refractivity (Wildman–Crippen MR) is 80.9 cm³/mol. The van der Waals surface area contributed by atoms with Gasteiger partial charge in [-0.3, -0.25) is 4.98 Å². The molecule has 5 heteroatoms. The Labute approximate surface area is 122 Å². The quantitative estimate of drug-likeness (QED) is 0.797. The maximum Gasteiger partial charge on any atom is 0.180 e. The van der Waals surface area contributed by atoms with Crippen molar-refractivity contribution >= 4 is 5.82 Å². The minimum atomic E-state index is 0.354. The fourth-order valence-corrected chi connectivity index (χ4v) is 2.22. The minimum absolute atomic E-state index is 0.354. The summed E-state index contributed by atoms with van der Waals surface area (Å²) in [6.07, 6.45) is 3.31. The van der Waals surface area contributed by atoms with Gasteiger partial charge >= 0.3 is 0 Å². The molecule has 3 rings (SSSR count). The van der Waals surface area contributed by atoms with Gasteiger partial charge in [-0.15, -0.1) is 0 Å². The molecule has 21 heavy (non-hydrogen) atoms. The van der Waals surface area contributed by atoms with E-state index in [9.17, 15) is 0 Å². The summed E-state index contributed by atoms with van der Waals surface area (Å²) in [6.45, 7) is 2.04. The van der Waals surface area contributed by atoms with Crippen molar-refractivity contribution in [3.05, 3.63) is 48.3 Å². The third kappa shape index (κ3) is 2.33. The summed E-state index contributed by atoms with van der Waals surface area (Å²) in [7, 11) is 1.59. The molecule has 0 saturated carbocycles. The molecule has 0 atom stereocenters. The van der Waals surface area contributed by atoms with Gasteiger partial charge in [0.15, 0.2) is 11.6 Å². The van der Waals surface area contributed by atoms with E-state index in [1.54, 1.807) is 19.5 Å². The van der Waals surface area contributed by atoms with Gasteiger partial charge in [0, 0.05) is 6.20 Å². The van der Waals surface area contributed by atoms with E-state index >= 15 is 0 Å². The van der Waals surface area contributed by atoms with Crippen LogP contribution in [0.15, 0.2) is 47.2 Å². The lowest BCUT2D eigenvalue weighted by Gasteiger charge is -2.07. The Balaban J connectivity index is 2.19. The van der Waals surface area contributed by atoms with E-state index in [0.717, 1.165) is 16.7 Å².